The predicted octanol–water partition coefficient (Wildman–Crippen LogP) is 4.59. The van der Waals surface area contributed by atoms with Gasteiger partial charge in [-0.15, -0.1) is 22.6 Å². The van der Waals surface area contributed by atoms with Crippen molar-refractivity contribution in [3.8, 4) is 0 Å². The van der Waals surface area contributed by atoms with Crippen molar-refractivity contribution in [2.24, 2.45) is 5.92 Å². The Morgan fingerprint density at radius 2 is 2.00 bits per heavy atom. The summed E-state index contributed by atoms with van der Waals surface area (Å²) >= 11 is 3.21. The van der Waals surface area contributed by atoms with Gasteiger partial charge >= 0.3 is 0 Å². The molecule has 0 spiro atoms. The highest BCUT2D eigenvalue weighted by molar-refractivity contribution is 8.01. The van der Waals surface area contributed by atoms with E-state index < -0.39 is 0 Å². The van der Waals surface area contributed by atoms with Crippen LogP contribution in [0.25, 0.3) is 0 Å². The fourth-order valence-corrected chi connectivity index (χ4v) is 5.95. The smallest absolute Gasteiger partial charge is 0.224 e. The van der Waals surface area contributed by atoms with Gasteiger partial charge in [0.15, 0.2) is 4.34 Å². The molecule has 2 fully saturated rings. The van der Waals surface area contributed by atoms with E-state index in [9.17, 15) is 4.79 Å². The van der Waals surface area contributed by atoms with Crippen LogP contribution < -0.4 is 10.6 Å². The Morgan fingerprint density at radius 3 is 2.63 bits per heavy atom. The molecule has 0 radical (unpaired) electrons. The minimum absolute atomic E-state index is 0. The second-order valence-electron chi connectivity index (χ2n) is 7.39. The van der Waals surface area contributed by atoms with Gasteiger partial charge in [-0.2, -0.15) is 0 Å². The molecule has 27 heavy (non-hydrogen) atoms. The number of nitrogens with zero attached hydrogens (tertiary/aromatic N) is 2. The number of fused-ring (bicyclic) bond motifs is 2. The molecule has 1 aromatic carbocycles. The van der Waals surface area contributed by atoms with Gasteiger partial charge in [0.25, 0.3) is 0 Å². The lowest BCUT2D eigenvalue weighted by Crippen LogP contribution is -2.39. The molecule has 2 N–H and O–H groups in total. The number of piperidine rings is 1. The van der Waals surface area contributed by atoms with E-state index in [1.807, 2.05) is 26.0 Å². The third kappa shape index (κ3) is 5.22. The maximum atomic E-state index is 12.5. The van der Waals surface area contributed by atoms with E-state index in [-0.39, 0.29) is 18.3 Å². The summed E-state index contributed by atoms with van der Waals surface area (Å²) in [6.07, 6.45) is 5.46. The molecule has 0 saturated carbocycles. The summed E-state index contributed by atoms with van der Waals surface area (Å²) in [6, 6.07) is 7.40. The highest BCUT2D eigenvalue weighted by Crippen LogP contribution is 2.34. The van der Waals surface area contributed by atoms with Crippen molar-refractivity contribution in [1.29, 1.82) is 0 Å². The molecular weight excluding hydrogens is 400 g/mol. The molecule has 0 aliphatic carbocycles. The maximum absolute atomic E-state index is 12.5. The van der Waals surface area contributed by atoms with Crippen molar-refractivity contribution in [1.82, 2.24) is 15.5 Å². The molecule has 1 aromatic heterocycles. The molecule has 2 aromatic rings. The highest BCUT2D eigenvalue weighted by Gasteiger charge is 2.34. The molecule has 5 nitrogen and oxygen atoms in total. The zero-order valence-corrected chi connectivity index (χ0v) is 18.0. The van der Waals surface area contributed by atoms with Gasteiger partial charge < -0.3 is 10.6 Å². The first-order valence-corrected chi connectivity index (χ1v) is 10.8. The van der Waals surface area contributed by atoms with E-state index in [1.165, 1.54) is 12.8 Å². The largest absolute Gasteiger partial charge is 0.326 e. The summed E-state index contributed by atoms with van der Waals surface area (Å²) in [5.74, 6) is 0.657. The molecule has 2 aliphatic rings. The second-order valence-corrected chi connectivity index (χ2v) is 9.90. The molecule has 3 heterocycles. The van der Waals surface area contributed by atoms with Crippen LogP contribution in [0.2, 0.25) is 0 Å². The molecule has 2 aliphatic heterocycles. The van der Waals surface area contributed by atoms with Gasteiger partial charge in [0.2, 0.25) is 5.91 Å². The van der Waals surface area contributed by atoms with Crippen molar-refractivity contribution in [3.63, 3.8) is 0 Å². The van der Waals surface area contributed by atoms with Crippen LogP contribution in [-0.2, 0) is 4.79 Å². The molecule has 2 saturated heterocycles. The summed E-state index contributed by atoms with van der Waals surface area (Å²) in [7, 11) is 0. The molecule has 2 bridgehead atoms. The maximum Gasteiger partial charge on any atom is 0.224 e. The normalized spacial score (nSPS) is 23.7. The number of nitrogens with one attached hydrogen (secondary N) is 2. The first-order chi connectivity index (χ1) is 12.5. The molecule has 146 valence electrons. The van der Waals surface area contributed by atoms with Crippen LogP contribution in [0.5, 0.6) is 0 Å². The lowest BCUT2D eigenvalue weighted by Gasteiger charge is -2.28. The number of aromatic nitrogens is 2. The standard InChI is InChI=1S/C19H24N4OS2.ClH/c1-11-7-16(26-19-23-22-12(2)25-19)5-6-17(11)21-18(24)10-13-8-14-3-4-15(9-13)20-14;/h5-7,13-15,20H,3-4,8-10H2,1-2H3,(H,21,24);1H. The topological polar surface area (TPSA) is 66.9 Å². The second kappa shape index (κ2) is 8.90. The van der Waals surface area contributed by atoms with Crippen LogP contribution in [0, 0.1) is 19.8 Å². The molecular formula is C19H25ClN4OS2. The summed E-state index contributed by atoms with van der Waals surface area (Å²) in [6.45, 7) is 4.00. The van der Waals surface area contributed by atoms with Gasteiger partial charge in [-0.05, 0) is 69.2 Å². The number of benzene rings is 1. The van der Waals surface area contributed by atoms with Gasteiger partial charge in [0.05, 0.1) is 0 Å². The molecule has 8 heteroatoms. The van der Waals surface area contributed by atoms with Crippen molar-refractivity contribution in [3.05, 3.63) is 28.8 Å². The minimum Gasteiger partial charge on any atom is -0.326 e. The van der Waals surface area contributed by atoms with E-state index in [4.69, 9.17) is 0 Å². The van der Waals surface area contributed by atoms with Gasteiger partial charge in [0, 0.05) is 29.1 Å². The summed E-state index contributed by atoms with van der Waals surface area (Å²) < 4.78 is 0.944. The van der Waals surface area contributed by atoms with Crippen LogP contribution in [0.4, 0.5) is 5.69 Å². The number of aryl methyl sites for hydroxylation is 2. The van der Waals surface area contributed by atoms with Crippen molar-refractivity contribution < 1.29 is 4.79 Å². The first kappa shape index (κ1) is 20.6. The average molecular weight is 425 g/mol. The number of amides is 1. The number of hydrogen-bond acceptors (Lipinski definition) is 6. The third-order valence-corrected chi connectivity index (χ3v) is 7.11. The minimum atomic E-state index is 0. The zero-order chi connectivity index (χ0) is 18.1. The van der Waals surface area contributed by atoms with Gasteiger partial charge in [0.1, 0.15) is 5.01 Å². The van der Waals surface area contributed by atoms with Crippen LogP contribution in [-0.4, -0.2) is 28.2 Å². The van der Waals surface area contributed by atoms with E-state index in [0.29, 0.717) is 24.4 Å². The van der Waals surface area contributed by atoms with Gasteiger partial charge in [-0.1, -0.05) is 23.1 Å². The number of carbonyl (C=O) groups excluding carboxylic acids is 1. The van der Waals surface area contributed by atoms with Crippen molar-refractivity contribution in [2.75, 3.05) is 5.32 Å². The van der Waals surface area contributed by atoms with E-state index in [0.717, 1.165) is 38.3 Å². The van der Waals surface area contributed by atoms with E-state index in [1.54, 1.807) is 23.1 Å². The van der Waals surface area contributed by atoms with Crippen LogP contribution in [0.1, 0.15) is 42.7 Å². The number of anilines is 1. The predicted molar refractivity (Wildman–Crippen MR) is 113 cm³/mol. The van der Waals surface area contributed by atoms with Crippen LogP contribution in [0.3, 0.4) is 0 Å². The molecule has 2 unspecified atom stereocenters. The van der Waals surface area contributed by atoms with Gasteiger partial charge in [-0.3, -0.25) is 4.79 Å². The zero-order valence-electron chi connectivity index (χ0n) is 15.5. The van der Waals surface area contributed by atoms with Crippen molar-refractivity contribution >= 4 is 47.1 Å². The third-order valence-electron chi connectivity index (χ3n) is 5.23. The lowest BCUT2D eigenvalue weighted by molar-refractivity contribution is -0.117. The van der Waals surface area contributed by atoms with Gasteiger partial charge in [-0.25, -0.2) is 0 Å². The summed E-state index contributed by atoms with van der Waals surface area (Å²) in [4.78, 5) is 13.6. The van der Waals surface area contributed by atoms with E-state index >= 15 is 0 Å². The molecule has 1 amide bonds. The Labute approximate surface area is 174 Å². The molecule has 2 atom stereocenters. The Kier molecular flexibility index (Phi) is 6.78. The van der Waals surface area contributed by atoms with Crippen LogP contribution in [0.15, 0.2) is 27.4 Å². The quantitative estimate of drug-likeness (QED) is 0.734. The SMILES string of the molecule is Cc1nnc(Sc2ccc(NC(=O)CC3CC4CCC(C3)N4)c(C)c2)s1.Cl. The average Bonchev–Trinajstić information content (AvgIpc) is 3.15. The molecule has 4 rings (SSSR count). The Bertz CT molecular complexity index is 801. The number of halogens is 1. The first-order valence-electron chi connectivity index (χ1n) is 9.19. The lowest BCUT2D eigenvalue weighted by atomic mass is 9.89. The summed E-state index contributed by atoms with van der Waals surface area (Å²) in [5, 5.41) is 15.9. The monoisotopic (exact) mass is 424 g/mol. The number of hydrogen-bond donors (Lipinski definition) is 2. The van der Waals surface area contributed by atoms with E-state index in [2.05, 4.69) is 26.9 Å². The van der Waals surface area contributed by atoms with Crippen LogP contribution >= 0.6 is 35.5 Å². The Balaban J connectivity index is 0.00000210. The van der Waals surface area contributed by atoms with Crippen molar-refractivity contribution in [2.45, 2.75) is 67.3 Å². The Hall–Kier alpha value is -1.15. The number of rotatable bonds is 5. The number of carbonyl (C=O) groups is 1. The fourth-order valence-electron chi connectivity index (χ4n) is 4.07. The highest BCUT2D eigenvalue weighted by atomic mass is 35.5. The summed E-state index contributed by atoms with van der Waals surface area (Å²) in [5.41, 5.74) is 1.99. The fraction of sp³-hybridized carbons (Fsp3) is 0.526. The Morgan fingerprint density at radius 1 is 1.26 bits per heavy atom.